The highest BCUT2D eigenvalue weighted by molar-refractivity contribution is 7.19. The maximum atomic E-state index is 5.66. The molecule has 2 aliphatic rings. The van der Waals surface area contributed by atoms with Crippen molar-refractivity contribution in [2.75, 3.05) is 0 Å². The first-order valence-electron chi connectivity index (χ1n) is 19.0. The summed E-state index contributed by atoms with van der Waals surface area (Å²) in [4.78, 5) is 24.1. The topological polar surface area (TPSA) is 70.2 Å². The van der Waals surface area contributed by atoms with Gasteiger partial charge < -0.3 is 9.97 Å². The molecule has 6 heteroatoms. The first kappa shape index (κ1) is 33.0. The lowest BCUT2D eigenvalue weighted by Crippen LogP contribution is -1.92. The number of aromatic amines is 2. The van der Waals surface area contributed by atoms with Gasteiger partial charge in [-0.1, -0.05) is 133 Å². The summed E-state index contributed by atoms with van der Waals surface area (Å²) in [5, 5.41) is 0.923. The average molecular weight is 748 g/mol. The van der Waals surface area contributed by atoms with Crippen molar-refractivity contribution in [1.82, 2.24) is 24.9 Å². The number of rotatable bonds is 5. The van der Waals surface area contributed by atoms with Crippen molar-refractivity contribution in [1.29, 1.82) is 0 Å². The van der Waals surface area contributed by atoms with Crippen molar-refractivity contribution in [3.63, 3.8) is 0 Å². The first-order chi connectivity index (χ1) is 28.2. The van der Waals surface area contributed by atoms with Crippen molar-refractivity contribution in [3.05, 3.63) is 198 Å². The molecule has 0 atom stereocenters. The maximum absolute atomic E-state index is 5.66. The fraction of sp³-hybridized carbons (Fsp3) is 0. The average Bonchev–Trinajstić information content (AvgIpc) is 4.12. The number of H-pyrrole nitrogens is 2. The minimum atomic E-state index is 0.859. The Balaban J connectivity index is 1.35. The van der Waals surface area contributed by atoms with Gasteiger partial charge in [0.1, 0.15) is 5.01 Å². The van der Waals surface area contributed by atoms with Gasteiger partial charge in [-0.05, 0) is 76.9 Å². The molecule has 0 saturated heterocycles. The molecular weight excluding hydrogens is 715 g/mol. The summed E-state index contributed by atoms with van der Waals surface area (Å²) in [6.07, 6.45) is 6.51. The minimum absolute atomic E-state index is 0.859. The highest BCUT2D eigenvalue weighted by atomic mass is 32.1. The Bertz CT molecular complexity index is 3180. The third-order valence-corrected chi connectivity index (χ3v) is 11.7. The van der Waals surface area contributed by atoms with E-state index in [1.807, 2.05) is 6.07 Å². The van der Waals surface area contributed by atoms with Crippen molar-refractivity contribution in [2.24, 2.45) is 0 Å². The van der Waals surface area contributed by atoms with Crippen molar-refractivity contribution in [3.8, 4) is 44.5 Å². The van der Waals surface area contributed by atoms with Crippen LogP contribution in [-0.4, -0.2) is 24.9 Å². The number of fused-ring (bicyclic) bond motifs is 9. The molecule has 0 aliphatic carbocycles. The first-order valence-corrected chi connectivity index (χ1v) is 19.8. The van der Waals surface area contributed by atoms with Crippen LogP contribution in [-0.2, 0) is 0 Å². The summed E-state index contributed by atoms with van der Waals surface area (Å²) in [7, 11) is 0. The highest BCUT2D eigenvalue weighted by Crippen LogP contribution is 2.43. The van der Waals surface area contributed by atoms with Gasteiger partial charge in [0, 0.05) is 49.9 Å². The predicted molar refractivity (Wildman–Crippen MR) is 238 cm³/mol. The molecule has 11 rings (SSSR count). The molecule has 2 N–H and O–H groups in total. The number of hydrogen-bond donors (Lipinski definition) is 2. The molecule has 4 aromatic heterocycles. The smallest absolute Gasteiger partial charge is 0.126 e. The van der Waals surface area contributed by atoms with Crippen LogP contribution in [0.2, 0.25) is 0 Å². The molecule has 9 aromatic rings. The molecule has 8 bridgehead atoms. The van der Waals surface area contributed by atoms with Crippen molar-refractivity contribution < 1.29 is 0 Å². The van der Waals surface area contributed by atoms with E-state index in [0.29, 0.717) is 0 Å². The number of hydrogen-bond acceptors (Lipinski definition) is 4. The lowest BCUT2D eigenvalue weighted by molar-refractivity contribution is 1.30. The molecule has 6 heterocycles. The van der Waals surface area contributed by atoms with E-state index in [9.17, 15) is 0 Å². The van der Waals surface area contributed by atoms with Crippen LogP contribution in [0.5, 0.6) is 0 Å². The van der Waals surface area contributed by atoms with Gasteiger partial charge in [0.25, 0.3) is 0 Å². The van der Waals surface area contributed by atoms with Gasteiger partial charge in [-0.15, -0.1) is 11.3 Å². The van der Waals surface area contributed by atoms with Crippen LogP contribution < -0.4 is 0 Å². The standard InChI is InChI=1S/C51H33N5S/c1-5-15-32(16-6-1)46-38-25-26-39(52-38)47(33-17-7-2-8-18-33)41-29-30-43(54-41)49(35-21-11-4-12-22-35)50-36(51-56-37-23-13-14-24-45(37)57-51)31-44(55-50)48(34-19-9-3-10-20-34)42-28-27-40(46)53-42/h1-31,53-54H. The Morgan fingerprint density at radius 3 is 1.28 bits per heavy atom. The molecular formula is C51H33N5S. The zero-order valence-electron chi connectivity index (χ0n) is 30.6. The van der Waals surface area contributed by atoms with Gasteiger partial charge in [-0.2, -0.15) is 0 Å². The van der Waals surface area contributed by atoms with Crippen molar-refractivity contribution >= 4 is 67.4 Å². The van der Waals surface area contributed by atoms with Crippen LogP contribution in [0.4, 0.5) is 0 Å². The van der Waals surface area contributed by atoms with E-state index in [4.69, 9.17) is 15.0 Å². The molecule has 5 nitrogen and oxygen atoms in total. The monoisotopic (exact) mass is 747 g/mol. The maximum Gasteiger partial charge on any atom is 0.126 e. The summed E-state index contributed by atoms with van der Waals surface area (Å²) in [6.45, 7) is 0. The third kappa shape index (κ3) is 5.82. The largest absolute Gasteiger partial charge is 0.354 e. The van der Waals surface area contributed by atoms with Crippen LogP contribution in [0, 0.1) is 0 Å². The molecule has 0 unspecified atom stereocenters. The van der Waals surface area contributed by atoms with E-state index >= 15 is 0 Å². The summed E-state index contributed by atoms with van der Waals surface area (Å²) in [6, 6.07) is 59.2. The third-order valence-electron chi connectivity index (χ3n) is 10.6. The quantitative estimate of drug-likeness (QED) is 0.184. The second-order valence-electron chi connectivity index (χ2n) is 14.1. The van der Waals surface area contributed by atoms with Crippen LogP contribution >= 0.6 is 11.3 Å². The fourth-order valence-corrected chi connectivity index (χ4v) is 9.05. The van der Waals surface area contributed by atoms with E-state index in [2.05, 4.69) is 192 Å². The molecule has 5 aromatic carbocycles. The minimum Gasteiger partial charge on any atom is -0.354 e. The van der Waals surface area contributed by atoms with Crippen LogP contribution in [0.15, 0.2) is 170 Å². The lowest BCUT2D eigenvalue weighted by atomic mass is 9.99. The molecule has 57 heavy (non-hydrogen) atoms. The van der Waals surface area contributed by atoms with E-state index in [1.165, 1.54) is 0 Å². The summed E-state index contributed by atoms with van der Waals surface area (Å²) < 4.78 is 1.14. The number of nitrogens with one attached hydrogen (secondary N) is 2. The van der Waals surface area contributed by atoms with Crippen LogP contribution in [0.1, 0.15) is 27.8 Å². The van der Waals surface area contributed by atoms with Gasteiger partial charge in [0.05, 0.1) is 33.0 Å². The zero-order valence-corrected chi connectivity index (χ0v) is 31.5. The molecule has 0 amide bonds. The van der Waals surface area contributed by atoms with Gasteiger partial charge in [-0.25, -0.2) is 15.0 Å². The van der Waals surface area contributed by atoms with Gasteiger partial charge >= 0.3 is 0 Å². The zero-order chi connectivity index (χ0) is 37.7. The van der Waals surface area contributed by atoms with Gasteiger partial charge in [-0.3, -0.25) is 0 Å². The molecule has 2 aliphatic heterocycles. The fourth-order valence-electron chi connectivity index (χ4n) is 8.06. The predicted octanol–water partition coefficient (Wildman–Crippen LogP) is 13.4. The number of para-hydroxylation sites is 1. The number of nitrogens with zero attached hydrogens (tertiary/aromatic N) is 3. The van der Waals surface area contributed by atoms with Crippen LogP contribution in [0.3, 0.4) is 0 Å². The van der Waals surface area contributed by atoms with Gasteiger partial charge in [0.15, 0.2) is 0 Å². The van der Waals surface area contributed by atoms with Crippen LogP contribution in [0.25, 0.3) is 101 Å². The molecule has 0 radical (unpaired) electrons. The Kier molecular flexibility index (Phi) is 7.93. The van der Waals surface area contributed by atoms with E-state index in [-0.39, 0.29) is 0 Å². The van der Waals surface area contributed by atoms with Gasteiger partial charge in [0.2, 0.25) is 0 Å². The molecule has 0 fully saturated rings. The lowest BCUT2D eigenvalue weighted by Gasteiger charge is -2.08. The summed E-state index contributed by atoms with van der Waals surface area (Å²) in [5.41, 5.74) is 17.6. The Labute approximate surface area is 333 Å². The normalized spacial score (nSPS) is 12.2. The van der Waals surface area contributed by atoms with E-state index in [1.54, 1.807) is 11.3 Å². The molecule has 0 spiro atoms. The highest BCUT2D eigenvalue weighted by Gasteiger charge is 2.25. The second kappa shape index (κ2) is 13.7. The number of aromatic nitrogens is 5. The molecule has 0 saturated carbocycles. The summed E-state index contributed by atoms with van der Waals surface area (Å²) >= 11 is 1.70. The Morgan fingerprint density at radius 1 is 0.368 bits per heavy atom. The van der Waals surface area contributed by atoms with Crippen molar-refractivity contribution in [2.45, 2.75) is 0 Å². The van der Waals surface area contributed by atoms with E-state index < -0.39 is 0 Å². The molecule has 268 valence electrons. The Morgan fingerprint density at radius 2 is 0.789 bits per heavy atom. The van der Waals surface area contributed by atoms with E-state index in [0.717, 1.165) is 110 Å². The SMILES string of the molecule is C1=Cc2nc1c(-c1ccccc1)c1ccc([nH]1)c(-c1ccccc1)c1nc(c(-c3ccccc3)c3ccc([nH]3)c2-c2ccccc2)C(c2nc3ccccc3s2)=C1. The Hall–Kier alpha value is -7.41. The number of thiazole rings is 1. The summed E-state index contributed by atoms with van der Waals surface area (Å²) in [5.74, 6) is 0. The number of benzene rings is 5. The second-order valence-corrected chi connectivity index (χ2v) is 15.2.